The van der Waals surface area contributed by atoms with Gasteiger partial charge >= 0.3 is 6.18 Å². The first-order valence-electron chi connectivity index (χ1n) is 6.74. The third kappa shape index (κ3) is 2.77. The van der Waals surface area contributed by atoms with Crippen molar-refractivity contribution < 1.29 is 18.0 Å². The van der Waals surface area contributed by atoms with Crippen LogP contribution in [0.5, 0.6) is 0 Å². The molecule has 0 saturated carbocycles. The Kier molecular flexibility index (Phi) is 3.52. The first-order valence-corrected chi connectivity index (χ1v) is 6.74. The molecule has 0 saturated heterocycles. The van der Waals surface area contributed by atoms with Gasteiger partial charge in [-0.3, -0.25) is 4.79 Å². The van der Waals surface area contributed by atoms with E-state index in [-0.39, 0.29) is 5.56 Å². The van der Waals surface area contributed by atoms with E-state index in [1.807, 2.05) is 0 Å². The molecular weight excluding hydrogens is 293 g/mol. The molecule has 0 aromatic heterocycles. The first kappa shape index (κ1) is 14.4. The van der Waals surface area contributed by atoms with Crippen molar-refractivity contribution in [3.63, 3.8) is 0 Å². The number of anilines is 1. The standard InChI is InChI=1S/C16H13F3N2O/c17-16(18,19)10-21-14(11-6-2-1-3-7-11)20-13-9-5-4-8-12(13)15(21)22/h1-9,14,20H,10H2/t14-/m1/s1. The van der Waals surface area contributed by atoms with Gasteiger partial charge in [-0.25, -0.2) is 0 Å². The molecule has 0 unspecified atom stereocenters. The molecule has 3 rings (SSSR count). The largest absolute Gasteiger partial charge is 0.406 e. The molecule has 1 heterocycles. The quantitative estimate of drug-likeness (QED) is 0.915. The van der Waals surface area contributed by atoms with Gasteiger partial charge in [-0.15, -0.1) is 0 Å². The van der Waals surface area contributed by atoms with Crippen molar-refractivity contribution >= 4 is 11.6 Å². The smallest absolute Gasteiger partial charge is 0.361 e. The van der Waals surface area contributed by atoms with Gasteiger partial charge in [-0.2, -0.15) is 13.2 Å². The molecule has 3 nitrogen and oxygen atoms in total. The Bertz CT molecular complexity index is 685. The minimum Gasteiger partial charge on any atom is -0.361 e. The van der Waals surface area contributed by atoms with Crippen molar-refractivity contribution in [2.24, 2.45) is 0 Å². The highest BCUT2D eigenvalue weighted by atomic mass is 19.4. The minimum absolute atomic E-state index is 0.249. The normalized spacial score (nSPS) is 17.9. The van der Waals surface area contributed by atoms with Crippen LogP contribution in [0.2, 0.25) is 0 Å². The van der Waals surface area contributed by atoms with Crippen molar-refractivity contribution in [2.75, 3.05) is 11.9 Å². The van der Waals surface area contributed by atoms with Gasteiger partial charge in [0.15, 0.2) is 0 Å². The van der Waals surface area contributed by atoms with Crippen molar-refractivity contribution in [1.29, 1.82) is 0 Å². The fourth-order valence-electron chi connectivity index (χ4n) is 2.55. The number of benzene rings is 2. The van der Waals surface area contributed by atoms with Crippen LogP contribution in [0.4, 0.5) is 18.9 Å². The summed E-state index contributed by atoms with van der Waals surface area (Å²) in [5, 5.41) is 3.02. The predicted molar refractivity (Wildman–Crippen MR) is 76.3 cm³/mol. The summed E-state index contributed by atoms with van der Waals surface area (Å²) in [5.41, 5.74) is 1.40. The van der Waals surface area contributed by atoms with Gasteiger partial charge in [0.25, 0.3) is 5.91 Å². The number of halogens is 3. The number of para-hydroxylation sites is 1. The van der Waals surface area contributed by atoms with E-state index in [9.17, 15) is 18.0 Å². The molecule has 6 heteroatoms. The maximum absolute atomic E-state index is 12.9. The molecule has 2 aromatic rings. The predicted octanol–water partition coefficient (Wildman–Crippen LogP) is 3.82. The summed E-state index contributed by atoms with van der Waals surface area (Å²) >= 11 is 0. The summed E-state index contributed by atoms with van der Waals surface area (Å²) in [6, 6.07) is 15.2. The van der Waals surface area contributed by atoms with E-state index in [0.717, 1.165) is 4.90 Å². The van der Waals surface area contributed by atoms with E-state index < -0.39 is 24.8 Å². The maximum Gasteiger partial charge on any atom is 0.406 e. The lowest BCUT2D eigenvalue weighted by molar-refractivity contribution is -0.144. The van der Waals surface area contributed by atoms with Crippen LogP contribution in [0.15, 0.2) is 54.6 Å². The fourth-order valence-corrected chi connectivity index (χ4v) is 2.55. The van der Waals surface area contributed by atoms with Crippen LogP contribution >= 0.6 is 0 Å². The van der Waals surface area contributed by atoms with Crippen LogP contribution in [0, 0.1) is 0 Å². The Balaban J connectivity index is 2.04. The van der Waals surface area contributed by atoms with E-state index in [0.29, 0.717) is 11.3 Å². The summed E-state index contributed by atoms with van der Waals surface area (Å²) in [6.45, 7) is -1.30. The summed E-state index contributed by atoms with van der Waals surface area (Å²) < 4.78 is 38.6. The second kappa shape index (κ2) is 5.36. The van der Waals surface area contributed by atoms with Gasteiger partial charge < -0.3 is 10.2 Å². The van der Waals surface area contributed by atoms with Crippen molar-refractivity contribution in [1.82, 2.24) is 4.90 Å². The van der Waals surface area contributed by atoms with E-state index in [1.54, 1.807) is 48.5 Å². The van der Waals surface area contributed by atoms with Crippen LogP contribution in [-0.2, 0) is 0 Å². The zero-order valence-corrected chi connectivity index (χ0v) is 11.5. The van der Waals surface area contributed by atoms with E-state index in [2.05, 4.69) is 5.32 Å². The van der Waals surface area contributed by atoms with Crippen molar-refractivity contribution in [3.05, 3.63) is 65.7 Å². The molecule has 0 bridgehead atoms. The van der Waals surface area contributed by atoms with Crippen molar-refractivity contribution in [3.8, 4) is 0 Å². The molecule has 0 fully saturated rings. The molecule has 0 spiro atoms. The average Bonchev–Trinajstić information content (AvgIpc) is 2.50. The number of nitrogens with zero attached hydrogens (tertiary/aromatic N) is 1. The number of hydrogen-bond acceptors (Lipinski definition) is 2. The Morgan fingerprint density at radius 3 is 2.32 bits per heavy atom. The van der Waals surface area contributed by atoms with Gasteiger partial charge in [-0.05, 0) is 17.7 Å². The van der Waals surface area contributed by atoms with Gasteiger partial charge in [0.2, 0.25) is 0 Å². The lowest BCUT2D eigenvalue weighted by Gasteiger charge is -2.38. The van der Waals surface area contributed by atoms with E-state index >= 15 is 0 Å². The molecule has 0 aliphatic carbocycles. The van der Waals surface area contributed by atoms with Gasteiger partial charge in [0, 0.05) is 5.69 Å². The fraction of sp³-hybridized carbons (Fsp3) is 0.188. The van der Waals surface area contributed by atoms with Gasteiger partial charge in [-0.1, -0.05) is 42.5 Å². The van der Waals surface area contributed by atoms with E-state index in [4.69, 9.17) is 0 Å². The maximum atomic E-state index is 12.9. The lowest BCUT2D eigenvalue weighted by atomic mass is 10.0. The molecular formula is C16H13F3N2O. The van der Waals surface area contributed by atoms with Crippen LogP contribution in [-0.4, -0.2) is 23.5 Å². The zero-order valence-electron chi connectivity index (χ0n) is 11.5. The second-order valence-corrected chi connectivity index (χ2v) is 5.05. The lowest BCUT2D eigenvalue weighted by Crippen LogP contribution is -2.47. The molecule has 1 atom stereocenters. The molecule has 0 radical (unpaired) electrons. The number of alkyl halides is 3. The summed E-state index contributed by atoms with van der Waals surface area (Å²) in [6.07, 6.45) is -5.30. The zero-order chi connectivity index (χ0) is 15.7. The number of amides is 1. The second-order valence-electron chi connectivity index (χ2n) is 5.05. The number of fused-ring (bicyclic) bond motifs is 1. The average molecular weight is 306 g/mol. The monoisotopic (exact) mass is 306 g/mol. The molecule has 1 amide bonds. The number of nitrogens with one attached hydrogen (secondary N) is 1. The third-order valence-corrected chi connectivity index (χ3v) is 3.49. The van der Waals surface area contributed by atoms with Crippen LogP contribution in [0.1, 0.15) is 22.1 Å². The summed E-state index contributed by atoms with van der Waals surface area (Å²) in [7, 11) is 0. The van der Waals surface area contributed by atoms with Crippen LogP contribution in [0.25, 0.3) is 0 Å². The van der Waals surface area contributed by atoms with Gasteiger partial charge in [0.05, 0.1) is 5.56 Å². The molecule has 1 aliphatic heterocycles. The third-order valence-electron chi connectivity index (χ3n) is 3.49. The SMILES string of the molecule is O=C1c2ccccc2N[C@@H](c2ccccc2)N1CC(F)(F)F. The molecule has 22 heavy (non-hydrogen) atoms. The van der Waals surface area contributed by atoms with Crippen LogP contribution < -0.4 is 5.32 Å². The van der Waals surface area contributed by atoms with Crippen molar-refractivity contribution in [2.45, 2.75) is 12.3 Å². The molecule has 1 N–H and O–H groups in total. The number of carbonyl (C=O) groups excluding carboxylic acids is 1. The highest BCUT2D eigenvalue weighted by Crippen LogP contribution is 2.34. The number of rotatable bonds is 2. The Labute approximate surface area is 125 Å². The number of carbonyl (C=O) groups is 1. The topological polar surface area (TPSA) is 32.3 Å². The van der Waals surface area contributed by atoms with E-state index in [1.165, 1.54) is 6.07 Å². The molecule has 1 aliphatic rings. The summed E-state index contributed by atoms with van der Waals surface area (Å²) in [5.74, 6) is -0.625. The molecule has 2 aromatic carbocycles. The highest BCUT2D eigenvalue weighted by molar-refractivity contribution is 6.01. The Hall–Kier alpha value is -2.50. The Morgan fingerprint density at radius 1 is 1.00 bits per heavy atom. The molecule has 114 valence electrons. The summed E-state index contributed by atoms with van der Waals surface area (Å²) in [4.78, 5) is 13.3. The Morgan fingerprint density at radius 2 is 1.64 bits per heavy atom. The highest BCUT2D eigenvalue weighted by Gasteiger charge is 2.40. The first-order chi connectivity index (χ1) is 10.5. The van der Waals surface area contributed by atoms with Crippen LogP contribution in [0.3, 0.4) is 0 Å². The minimum atomic E-state index is -4.46. The van der Waals surface area contributed by atoms with Gasteiger partial charge in [0.1, 0.15) is 12.7 Å². The number of hydrogen-bond donors (Lipinski definition) is 1.